The van der Waals surface area contributed by atoms with E-state index in [-0.39, 0.29) is 34.9 Å². The van der Waals surface area contributed by atoms with Crippen molar-refractivity contribution in [2.24, 2.45) is 5.73 Å². The predicted octanol–water partition coefficient (Wildman–Crippen LogP) is 7.82. The number of aromatic hydroxyl groups is 2. The van der Waals surface area contributed by atoms with Gasteiger partial charge in [0.05, 0.1) is 0 Å². The minimum Gasteiger partial charge on any atom is -0.508 e. The van der Waals surface area contributed by atoms with Crippen LogP contribution in [0.15, 0.2) is 122 Å². The van der Waals surface area contributed by atoms with Crippen molar-refractivity contribution in [1.29, 1.82) is 0 Å². The molecule has 2 heterocycles. The number of ketones is 2. The maximum Gasteiger partial charge on any atom is 0.144 e. The van der Waals surface area contributed by atoms with Crippen molar-refractivity contribution >= 4 is 33.1 Å². The van der Waals surface area contributed by atoms with Crippen molar-refractivity contribution in [3.05, 3.63) is 144 Å². The molecule has 0 fully saturated rings. The molecule has 4 N–H and O–H groups in total. The molecule has 0 aliphatic rings. The Bertz CT molecular complexity index is 1830. The molecular weight excluding hydrogens is 598 g/mol. The maximum absolute atomic E-state index is 12.8. The zero-order chi connectivity index (χ0) is 33.9. The molecule has 2 unspecified atom stereocenters. The summed E-state index contributed by atoms with van der Waals surface area (Å²) in [6.07, 6.45) is 10.3. The van der Waals surface area contributed by atoms with Crippen molar-refractivity contribution in [3.63, 3.8) is 0 Å². The van der Waals surface area contributed by atoms with Gasteiger partial charge in [-0.1, -0.05) is 74.0 Å². The van der Waals surface area contributed by atoms with Crippen LogP contribution in [0, 0.1) is 0 Å². The molecule has 6 aromatic rings. The van der Waals surface area contributed by atoms with Crippen LogP contribution in [0.4, 0.5) is 0 Å². The zero-order valence-electron chi connectivity index (χ0n) is 27.1. The Morgan fingerprint density at radius 2 is 1.04 bits per heavy atom. The fourth-order valence-electron chi connectivity index (χ4n) is 6.03. The second-order valence-corrected chi connectivity index (χ2v) is 12.1. The number of fused-ring (bicyclic) bond motifs is 2. The molecule has 0 spiro atoms. The molecule has 7 nitrogen and oxygen atoms in total. The van der Waals surface area contributed by atoms with Gasteiger partial charge in [-0.15, -0.1) is 0 Å². The van der Waals surface area contributed by atoms with E-state index in [1.807, 2.05) is 67.0 Å². The van der Waals surface area contributed by atoms with E-state index in [0.29, 0.717) is 25.8 Å². The smallest absolute Gasteiger partial charge is 0.144 e. The summed E-state index contributed by atoms with van der Waals surface area (Å²) in [4.78, 5) is 33.9. The van der Waals surface area contributed by atoms with Gasteiger partial charge >= 0.3 is 0 Å². The minimum absolute atomic E-state index is 0.122. The van der Waals surface area contributed by atoms with Crippen LogP contribution in [0.25, 0.3) is 21.5 Å². The Morgan fingerprint density at radius 1 is 0.604 bits per heavy atom. The fraction of sp³-hybridized carbons (Fsp3) is 0.220. The number of rotatable bonds is 12. The first-order valence-electron chi connectivity index (χ1n) is 16.3. The van der Waals surface area contributed by atoms with Gasteiger partial charge in [0.1, 0.15) is 23.1 Å². The number of aromatic nitrogens is 2. The fourth-order valence-corrected chi connectivity index (χ4v) is 6.03. The van der Waals surface area contributed by atoms with Gasteiger partial charge in [-0.3, -0.25) is 19.6 Å². The first-order chi connectivity index (χ1) is 23.3. The average molecular weight is 640 g/mol. The molecule has 0 aliphatic carbocycles. The number of benzene rings is 4. The Morgan fingerprint density at radius 3 is 1.46 bits per heavy atom. The van der Waals surface area contributed by atoms with E-state index < -0.39 is 0 Å². The molecule has 0 aliphatic heterocycles. The summed E-state index contributed by atoms with van der Waals surface area (Å²) in [6.45, 7) is 2.53. The third-order valence-corrected chi connectivity index (χ3v) is 8.57. The van der Waals surface area contributed by atoms with E-state index in [1.54, 1.807) is 48.8 Å². The van der Waals surface area contributed by atoms with Crippen LogP contribution in [0.1, 0.15) is 60.3 Å². The van der Waals surface area contributed by atoms with Crippen molar-refractivity contribution in [1.82, 2.24) is 9.97 Å². The second-order valence-electron chi connectivity index (χ2n) is 12.1. The Labute approximate surface area is 281 Å². The number of nitrogens with two attached hydrogens (primary N) is 1. The monoisotopic (exact) mass is 639 g/mol. The number of hydrogen-bond acceptors (Lipinski definition) is 7. The van der Waals surface area contributed by atoms with Crippen LogP contribution in [-0.2, 0) is 22.4 Å². The molecule has 0 radical (unpaired) electrons. The molecule has 0 bridgehead atoms. The molecular formula is C41H41N3O4. The third-order valence-electron chi connectivity index (χ3n) is 8.57. The molecule has 0 saturated carbocycles. The van der Waals surface area contributed by atoms with Crippen LogP contribution in [0.3, 0.4) is 0 Å². The molecule has 244 valence electrons. The first kappa shape index (κ1) is 33.9. The second kappa shape index (κ2) is 16.4. The molecule has 0 amide bonds. The SMILES string of the molecule is CCCC(C(=O)Cc1ccc2cnccc2c1)c1ccc(O)cc1.NCCC(C(=O)Cc1ccc2cnccc2c1)c1ccc(O)cc1. The van der Waals surface area contributed by atoms with Crippen molar-refractivity contribution in [3.8, 4) is 11.5 Å². The molecule has 2 atom stereocenters. The van der Waals surface area contributed by atoms with Gasteiger partial charge in [-0.2, -0.15) is 0 Å². The number of Topliss-reactive ketones (excluding diaryl/α,β-unsaturated/α-hetero) is 2. The lowest BCUT2D eigenvalue weighted by Gasteiger charge is -2.16. The summed E-state index contributed by atoms with van der Waals surface area (Å²) in [5.74, 6) is 0.411. The highest BCUT2D eigenvalue weighted by atomic mass is 16.3. The summed E-state index contributed by atoms with van der Waals surface area (Å²) in [5, 5.41) is 23.2. The highest BCUT2D eigenvalue weighted by molar-refractivity contribution is 5.90. The van der Waals surface area contributed by atoms with Gasteiger partial charge in [0.2, 0.25) is 0 Å². The summed E-state index contributed by atoms with van der Waals surface area (Å²) in [6, 6.07) is 29.8. The minimum atomic E-state index is -0.247. The number of carbonyl (C=O) groups excluding carboxylic acids is 2. The predicted molar refractivity (Wildman–Crippen MR) is 191 cm³/mol. The third kappa shape index (κ3) is 8.90. The van der Waals surface area contributed by atoms with Gasteiger partial charge in [-0.25, -0.2) is 0 Å². The Kier molecular flexibility index (Phi) is 11.6. The van der Waals surface area contributed by atoms with Gasteiger partial charge in [-0.05, 0) is 88.8 Å². The number of carbonyl (C=O) groups is 2. The van der Waals surface area contributed by atoms with Crippen molar-refractivity contribution in [2.45, 2.75) is 50.9 Å². The van der Waals surface area contributed by atoms with Gasteiger partial charge < -0.3 is 15.9 Å². The van der Waals surface area contributed by atoms with Gasteiger partial charge in [0, 0.05) is 60.2 Å². The van der Waals surface area contributed by atoms with Crippen LogP contribution in [-0.4, -0.2) is 38.3 Å². The lowest BCUT2D eigenvalue weighted by molar-refractivity contribution is -0.120. The number of phenolic OH excluding ortho intramolecular Hbond substituents is 2. The summed E-state index contributed by atoms with van der Waals surface area (Å²) in [5.41, 5.74) is 9.58. The summed E-state index contributed by atoms with van der Waals surface area (Å²) in [7, 11) is 0. The molecule has 4 aromatic carbocycles. The lowest BCUT2D eigenvalue weighted by atomic mass is 9.87. The van der Waals surface area contributed by atoms with Crippen molar-refractivity contribution in [2.75, 3.05) is 6.54 Å². The zero-order valence-corrected chi connectivity index (χ0v) is 27.1. The maximum atomic E-state index is 12.8. The molecule has 6 rings (SSSR count). The number of nitrogens with zero attached hydrogens (tertiary/aromatic N) is 2. The van der Waals surface area contributed by atoms with Gasteiger partial charge in [0.25, 0.3) is 0 Å². The number of hydrogen-bond donors (Lipinski definition) is 3. The topological polar surface area (TPSA) is 126 Å². The van der Waals surface area contributed by atoms with E-state index in [1.165, 1.54) is 0 Å². The van der Waals surface area contributed by atoms with E-state index in [0.717, 1.165) is 56.6 Å². The number of pyridine rings is 2. The van der Waals surface area contributed by atoms with E-state index >= 15 is 0 Å². The molecule has 7 heteroatoms. The van der Waals surface area contributed by atoms with Crippen LogP contribution in [0.5, 0.6) is 11.5 Å². The van der Waals surface area contributed by atoms with E-state index in [2.05, 4.69) is 23.0 Å². The summed E-state index contributed by atoms with van der Waals surface area (Å²) >= 11 is 0. The van der Waals surface area contributed by atoms with Gasteiger partial charge in [0.15, 0.2) is 0 Å². The van der Waals surface area contributed by atoms with Crippen LogP contribution >= 0.6 is 0 Å². The first-order valence-corrected chi connectivity index (χ1v) is 16.3. The molecule has 48 heavy (non-hydrogen) atoms. The lowest BCUT2D eigenvalue weighted by Crippen LogP contribution is -2.18. The van der Waals surface area contributed by atoms with Crippen LogP contribution in [0.2, 0.25) is 0 Å². The van der Waals surface area contributed by atoms with E-state index in [4.69, 9.17) is 5.73 Å². The largest absolute Gasteiger partial charge is 0.508 e. The average Bonchev–Trinajstić information content (AvgIpc) is 3.10. The molecule has 2 aromatic heterocycles. The Hall–Kier alpha value is -5.40. The molecule has 0 saturated heterocycles. The van der Waals surface area contributed by atoms with Crippen molar-refractivity contribution < 1.29 is 19.8 Å². The summed E-state index contributed by atoms with van der Waals surface area (Å²) < 4.78 is 0. The normalized spacial score (nSPS) is 12.2. The highest BCUT2D eigenvalue weighted by Gasteiger charge is 2.21. The quantitative estimate of drug-likeness (QED) is 0.125. The highest BCUT2D eigenvalue weighted by Crippen LogP contribution is 2.27. The standard InChI is InChI=1S/C21H21NO2.C20H20N2O2/c1-2-3-20(16-6-8-19(23)9-7-16)21(24)13-15-4-5-18-14-22-11-10-17(18)12-15;21-9-7-19(15-3-5-18(23)6-4-15)20(24)12-14-1-2-17-13-22-10-8-16(17)11-14/h4-12,14,20,23H,2-3,13H2,1H3;1-6,8,10-11,13,19,23H,7,9,12,21H2. The van der Waals surface area contributed by atoms with Crippen LogP contribution < -0.4 is 5.73 Å². The van der Waals surface area contributed by atoms with E-state index in [9.17, 15) is 19.8 Å². The Balaban J connectivity index is 0.000000188. The number of phenols is 2.